The van der Waals surface area contributed by atoms with Crippen LogP contribution in [0, 0.1) is 0 Å². The largest absolute Gasteiger partial charge is 0.259 e. The Morgan fingerprint density at radius 2 is 1.50 bits per heavy atom. The first kappa shape index (κ1) is 6.35. The molecule has 0 aliphatic heterocycles. The van der Waals surface area contributed by atoms with Gasteiger partial charge in [-0.3, -0.25) is 0 Å². The molecule has 0 amide bonds. The van der Waals surface area contributed by atoms with E-state index in [-0.39, 0.29) is 0 Å². The molecule has 0 spiro atoms. The predicted octanol–water partition coefficient (Wildman–Crippen LogP) is 0.953. The zero-order valence-corrected chi connectivity index (χ0v) is 5.32. The van der Waals surface area contributed by atoms with Crippen LogP contribution >= 0.6 is 8.38 Å². The minimum atomic E-state index is -0.868. The van der Waals surface area contributed by atoms with Crippen molar-refractivity contribution in [3.8, 4) is 0 Å². The molecular formula is C3H10O2P+. The molecule has 6 heavy (non-hydrogen) atoms. The first-order valence-corrected chi connectivity index (χ1v) is 3.54. The van der Waals surface area contributed by atoms with E-state index in [2.05, 4.69) is 0 Å². The van der Waals surface area contributed by atoms with Crippen molar-refractivity contribution >= 4 is 8.38 Å². The van der Waals surface area contributed by atoms with Crippen molar-refractivity contribution in [3.63, 3.8) is 0 Å². The quantitative estimate of drug-likeness (QED) is 0.491. The molecule has 2 nitrogen and oxygen atoms in total. The molecule has 0 N–H and O–H groups in total. The van der Waals surface area contributed by atoms with E-state index in [0.29, 0.717) is 0 Å². The van der Waals surface area contributed by atoms with Crippen LogP contribution in [0.4, 0.5) is 0 Å². The van der Waals surface area contributed by atoms with Crippen molar-refractivity contribution in [2.24, 2.45) is 0 Å². The Kier molecular flexibility index (Phi) is 3.74. The Bertz CT molecular complexity index is 28.0. The third kappa shape index (κ3) is 2.58. The SMILES string of the molecule is CO[PH+](C)OC. The molecule has 0 atom stereocenters. The summed E-state index contributed by atoms with van der Waals surface area (Å²) in [6, 6.07) is 0. The smallest absolute Gasteiger partial charge is 0.213 e. The van der Waals surface area contributed by atoms with Crippen LogP contribution in [0.3, 0.4) is 0 Å². The maximum atomic E-state index is 4.78. The van der Waals surface area contributed by atoms with Gasteiger partial charge in [-0.1, -0.05) is 0 Å². The number of hydrogen-bond donors (Lipinski definition) is 0. The first-order valence-electron chi connectivity index (χ1n) is 1.72. The lowest BCUT2D eigenvalue weighted by atomic mass is 11.8. The molecule has 0 bridgehead atoms. The van der Waals surface area contributed by atoms with Crippen molar-refractivity contribution in [2.45, 2.75) is 0 Å². The average Bonchev–Trinajstić information content (AvgIpc) is 1.65. The first-order chi connectivity index (χ1) is 2.81. The lowest BCUT2D eigenvalue weighted by Gasteiger charge is -1.91. The van der Waals surface area contributed by atoms with Crippen LogP contribution in [0.15, 0.2) is 0 Å². The summed E-state index contributed by atoms with van der Waals surface area (Å²) in [5.41, 5.74) is 0. The Morgan fingerprint density at radius 1 is 1.17 bits per heavy atom. The molecule has 0 rings (SSSR count). The zero-order chi connectivity index (χ0) is 4.99. The monoisotopic (exact) mass is 109 g/mol. The summed E-state index contributed by atoms with van der Waals surface area (Å²) in [6.07, 6.45) is 0. The van der Waals surface area contributed by atoms with Gasteiger partial charge in [0.05, 0.1) is 14.2 Å². The zero-order valence-electron chi connectivity index (χ0n) is 4.32. The van der Waals surface area contributed by atoms with Crippen LogP contribution in [-0.2, 0) is 9.05 Å². The lowest BCUT2D eigenvalue weighted by Crippen LogP contribution is -1.74. The molecule has 0 aliphatic rings. The maximum Gasteiger partial charge on any atom is 0.259 e. The molecule has 0 aromatic carbocycles. The topological polar surface area (TPSA) is 18.5 Å². The molecule has 38 valence electrons. The lowest BCUT2D eigenvalue weighted by molar-refractivity contribution is 0.346. The highest BCUT2D eigenvalue weighted by Gasteiger charge is 1.99. The van der Waals surface area contributed by atoms with Gasteiger partial charge in [-0.15, -0.1) is 0 Å². The fourth-order valence-electron chi connectivity index (χ4n) is 0.0833. The second-order valence-corrected chi connectivity index (χ2v) is 2.70. The van der Waals surface area contributed by atoms with Crippen molar-refractivity contribution in [1.29, 1.82) is 0 Å². The summed E-state index contributed by atoms with van der Waals surface area (Å²) in [7, 11) is 2.43. The van der Waals surface area contributed by atoms with Crippen molar-refractivity contribution in [3.05, 3.63) is 0 Å². The van der Waals surface area contributed by atoms with Gasteiger partial charge in [-0.05, 0) is 0 Å². The van der Waals surface area contributed by atoms with Crippen LogP contribution in [0.2, 0.25) is 0 Å². The molecular weight excluding hydrogens is 99.0 g/mol. The predicted molar refractivity (Wildman–Crippen MR) is 28.3 cm³/mol. The Morgan fingerprint density at radius 3 is 1.50 bits per heavy atom. The van der Waals surface area contributed by atoms with E-state index in [4.69, 9.17) is 9.05 Å². The Balaban J connectivity index is 2.75. The third-order valence-corrected chi connectivity index (χ3v) is 1.72. The van der Waals surface area contributed by atoms with Crippen LogP contribution < -0.4 is 0 Å². The van der Waals surface area contributed by atoms with E-state index in [9.17, 15) is 0 Å². The van der Waals surface area contributed by atoms with Crippen LogP contribution in [0.25, 0.3) is 0 Å². The molecule has 0 radical (unpaired) electrons. The molecule has 0 heterocycles. The highest BCUT2D eigenvalue weighted by molar-refractivity contribution is 7.46. The van der Waals surface area contributed by atoms with E-state index >= 15 is 0 Å². The number of hydrogen-bond acceptors (Lipinski definition) is 2. The van der Waals surface area contributed by atoms with Crippen LogP contribution in [0.1, 0.15) is 0 Å². The van der Waals surface area contributed by atoms with Crippen LogP contribution in [0.5, 0.6) is 0 Å². The number of rotatable bonds is 2. The maximum absolute atomic E-state index is 4.78. The molecule has 0 unspecified atom stereocenters. The second kappa shape index (κ2) is 3.54. The standard InChI is InChI=1S/C3H9O2P/c1-4-6(3)5-2/h1-3H3/p+1. The van der Waals surface area contributed by atoms with Gasteiger partial charge in [0.25, 0.3) is 8.38 Å². The Hall–Kier alpha value is 0.350. The minimum absolute atomic E-state index is 0.868. The highest BCUT2D eigenvalue weighted by atomic mass is 31.2. The van der Waals surface area contributed by atoms with E-state index < -0.39 is 8.38 Å². The van der Waals surface area contributed by atoms with Gasteiger partial charge < -0.3 is 0 Å². The molecule has 0 fully saturated rings. The summed E-state index contributed by atoms with van der Waals surface area (Å²) in [4.78, 5) is 0. The molecule has 0 saturated carbocycles. The fourth-order valence-corrected chi connectivity index (χ4v) is 0.250. The van der Waals surface area contributed by atoms with Crippen molar-refractivity contribution < 1.29 is 9.05 Å². The van der Waals surface area contributed by atoms with Gasteiger partial charge in [0.1, 0.15) is 6.66 Å². The van der Waals surface area contributed by atoms with E-state index in [1.807, 2.05) is 6.66 Å². The summed E-state index contributed by atoms with van der Waals surface area (Å²) in [5, 5.41) is 0. The van der Waals surface area contributed by atoms with Gasteiger partial charge in [-0.25, -0.2) is 9.05 Å². The van der Waals surface area contributed by atoms with Crippen LogP contribution in [-0.4, -0.2) is 20.9 Å². The third-order valence-electron chi connectivity index (χ3n) is 0.575. The average molecular weight is 109 g/mol. The van der Waals surface area contributed by atoms with Gasteiger partial charge in [-0.2, -0.15) is 0 Å². The molecule has 0 aliphatic carbocycles. The van der Waals surface area contributed by atoms with Gasteiger partial charge in [0.15, 0.2) is 0 Å². The Labute approximate surface area is 39.4 Å². The summed E-state index contributed by atoms with van der Waals surface area (Å²) < 4.78 is 9.56. The summed E-state index contributed by atoms with van der Waals surface area (Å²) in [6.45, 7) is 1.94. The summed E-state index contributed by atoms with van der Waals surface area (Å²) >= 11 is 0. The van der Waals surface area contributed by atoms with Crippen molar-refractivity contribution in [2.75, 3.05) is 20.9 Å². The van der Waals surface area contributed by atoms with E-state index in [1.54, 1.807) is 14.2 Å². The molecule has 0 saturated heterocycles. The minimum Gasteiger partial charge on any atom is -0.213 e. The molecule has 3 heteroatoms. The van der Waals surface area contributed by atoms with E-state index in [1.165, 1.54) is 0 Å². The van der Waals surface area contributed by atoms with Gasteiger partial charge in [0, 0.05) is 0 Å². The highest BCUT2D eigenvalue weighted by Crippen LogP contribution is 2.29. The van der Waals surface area contributed by atoms with Crippen molar-refractivity contribution in [1.82, 2.24) is 0 Å². The fraction of sp³-hybridized carbons (Fsp3) is 1.00. The second-order valence-electron chi connectivity index (χ2n) is 0.900. The summed E-state index contributed by atoms with van der Waals surface area (Å²) in [5.74, 6) is 0. The molecule has 0 aromatic rings. The molecule has 0 aromatic heterocycles. The van der Waals surface area contributed by atoms with E-state index in [0.717, 1.165) is 0 Å². The van der Waals surface area contributed by atoms with Gasteiger partial charge >= 0.3 is 0 Å². The normalized spacial score (nSPS) is 10.0. The van der Waals surface area contributed by atoms with Gasteiger partial charge in [0.2, 0.25) is 0 Å².